The average molecular weight is 414 g/mol. The molecule has 0 saturated heterocycles. The van der Waals surface area contributed by atoms with Crippen molar-refractivity contribution in [1.82, 2.24) is 4.98 Å². The van der Waals surface area contributed by atoms with E-state index in [9.17, 15) is 14.0 Å². The summed E-state index contributed by atoms with van der Waals surface area (Å²) in [6, 6.07) is 13.1. The quantitative estimate of drug-likeness (QED) is 0.603. The van der Waals surface area contributed by atoms with Gasteiger partial charge in [0.1, 0.15) is 21.5 Å². The zero-order valence-electron chi connectivity index (χ0n) is 16.1. The number of methoxy groups -OCH3 is 1. The number of amides is 1. The Kier molecular flexibility index (Phi) is 6.23. The van der Waals surface area contributed by atoms with Gasteiger partial charge in [0.2, 0.25) is 0 Å². The fourth-order valence-corrected chi connectivity index (χ4v) is 3.46. The summed E-state index contributed by atoms with van der Waals surface area (Å²) < 4.78 is 24.1. The molecule has 0 unspecified atom stereocenters. The third kappa shape index (κ3) is 4.78. The Hall–Kier alpha value is -3.26. The van der Waals surface area contributed by atoms with Crippen LogP contribution < -0.4 is 10.1 Å². The molecule has 0 aliphatic rings. The van der Waals surface area contributed by atoms with Crippen molar-refractivity contribution in [2.45, 2.75) is 20.0 Å². The monoisotopic (exact) mass is 414 g/mol. The van der Waals surface area contributed by atoms with Gasteiger partial charge in [0.25, 0.3) is 5.91 Å². The maximum Gasteiger partial charge on any atom is 0.351 e. The Morgan fingerprint density at radius 2 is 1.83 bits per heavy atom. The molecule has 2 aromatic carbocycles. The van der Waals surface area contributed by atoms with E-state index in [0.29, 0.717) is 15.6 Å². The van der Waals surface area contributed by atoms with E-state index in [1.54, 1.807) is 32.2 Å². The summed E-state index contributed by atoms with van der Waals surface area (Å²) in [4.78, 5) is 29.5. The van der Waals surface area contributed by atoms with Crippen LogP contribution in [-0.4, -0.2) is 30.1 Å². The SMILES string of the molecule is COc1ccc(-c2nc(C)c(C(=O)O[C@@H](C)C(=O)Nc3ccccc3F)s2)cc1. The van der Waals surface area contributed by atoms with Gasteiger partial charge in [-0.05, 0) is 50.2 Å². The molecule has 150 valence electrons. The van der Waals surface area contributed by atoms with E-state index in [1.165, 1.54) is 36.5 Å². The van der Waals surface area contributed by atoms with E-state index >= 15 is 0 Å². The highest BCUT2D eigenvalue weighted by atomic mass is 32.1. The number of benzene rings is 2. The number of nitrogens with one attached hydrogen (secondary N) is 1. The number of esters is 1. The molecule has 1 aromatic heterocycles. The molecule has 0 fully saturated rings. The number of rotatable bonds is 6. The first-order valence-electron chi connectivity index (χ1n) is 8.77. The largest absolute Gasteiger partial charge is 0.497 e. The molecule has 6 nitrogen and oxygen atoms in total. The van der Waals surface area contributed by atoms with Crippen LogP contribution in [0, 0.1) is 12.7 Å². The minimum atomic E-state index is -1.10. The first-order chi connectivity index (χ1) is 13.9. The summed E-state index contributed by atoms with van der Waals surface area (Å²) in [7, 11) is 1.58. The van der Waals surface area contributed by atoms with Gasteiger partial charge < -0.3 is 14.8 Å². The van der Waals surface area contributed by atoms with E-state index in [2.05, 4.69) is 10.3 Å². The smallest absolute Gasteiger partial charge is 0.351 e. The molecule has 1 atom stereocenters. The Bertz CT molecular complexity index is 1030. The van der Waals surface area contributed by atoms with Gasteiger partial charge in [0, 0.05) is 5.56 Å². The van der Waals surface area contributed by atoms with Crippen molar-refractivity contribution in [3.63, 3.8) is 0 Å². The highest BCUT2D eigenvalue weighted by Gasteiger charge is 2.23. The second kappa shape index (κ2) is 8.83. The van der Waals surface area contributed by atoms with Crippen LogP contribution in [0.15, 0.2) is 48.5 Å². The van der Waals surface area contributed by atoms with Crippen LogP contribution in [0.5, 0.6) is 5.75 Å². The van der Waals surface area contributed by atoms with Gasteiger partial charge >= 0.3 is 5.97 Å². The second-order valence-corrected chi connectivity index (χ2v) is 7.18. The van der Waals surface area contributed by atoms with Crippen LogP contribution in [0.1, 0.15) is 22.3 Å². The fraction of sp³-hybridized carbons (Fsp3) is 0.190. The van der Waals surface area contributed by atoms with Crippen LogP contribution in [0.4, 0.5) is 10.1 Å². The summed E-state index contributed by atoms with van der Waals surface area (Å²) in [5, 5.41) is 3.06. The molecular weight excluding hydrogens is 395 g/mol. The van der Waals surface area contributed by atoms with E-state index in [-0.39, 0.29) is 5.69 Å². The number of anilines is 1. The normalized spacial score (nSPS) is 11.6. The number of para-hydroxylation sites is 1. The van der Waals surface area contributed by atoms with Crippen molar-refractivity contribution < 1.29 is 23.5 Å². The van der Waals surface area contributed by atoms with E-state index in [4.69, 9.17) is 9.47 Å². The zero-order chi connectivity index (χ0) is 21.0. The van der Waals surface area contributed by atoms with Crippen LogP contribution in [-0.2, 0) is 9.53 Å². The molecule has 0 bridgehead atoms. The summed E-state index contributed by atoms with van der Waals surface area (Å²) in [5.74, 6) is -1.13. The van der Waals surface area contributed by atoms with E-state index < -0.39 is 23.8 Å². The number of ether oxygens (including phenoxy) is 2. The van der Waals surface area contributed by atoms with Crippen molar-refractivity contribution in [2.24, 2.45) is 0 Å². The van der Waals surface area contributed by atoms with E-state index in [1.807, 2.05) is 12.1 Å². The fourth-order valence-electron chi connectivity index (χ4n) is 2.51. The molecule has 0 spiro atoms. The van der Waals surface area contributed by atoms with Gasteiger partial charge in [0.15, 0.2) is 6.10 Å². The number of aromatic nitrogens is 1. The van der Waals surface area contributed by atoms with Gasteiger partial charge in [-0.1, -0.05) is 12.1 Å². The molecule has 3 aromatic rings. The van der Waals surface area contributed by atoms with Gasteiger partial charge in [-0.15, -0.1) is 11.3 Å². The minimum Gasteiger partial charge on any atom is -0.497 e. The van der Waals surface area contributed by atoms with Crippen molar-refractivity contribution in [2.75, 3.05) is 12.4 Å². The lowest BCUT2D eigenvalue weighted by Gasteiger charge is -2.13. The van der Waals surface area contributed by atoms with Crippen LogP contribution in [0.3, 0.4) is 0 Å². The Balaban J connectivity index is 1.69. The summed E-state index contributed by atoms with van der Waals surface area (Å²) >= 11 is 1.18. The summed E-state index contributed by atoms with van der Waals surface area (Å²) in [5.41, 5.74) is 1.37. The molecular formula is C21H19FN2O4S. The minimum absolute atomic E-state index is 0.0242. The van der Waals surface area contributed by atoms with Crippen molar-refractivity contribution >= 4 is 28.9 Å². The predicted molar refractivity (Wildman–Crippen MR) is 109 cm³/mol. The number of carbonyl (C=O) groups is 2. The molecule has 1 N–H and O–H groups in total. The number of halogens is 1. The molecule has 3 rings (SSSR count). The zero-order valence-corrected chi connectivity index (χ0v) is 16.9. The number of hydrogen-bond acceptors (Lipinski definition) is 6. The molecule has 0 radical (unpaired) electrons. The topological polar surface area (TPSA) is 77.5 Å². The average Bonchev–Trinajstić information content (AvgIpc) is 3.11. The second-order valence-electron chi connectivity index (χ2n) is 6.18. The summed E-state index contributed by atoms with van der Waals surface area (Å²) in [6.07, 6.45) is -1.10. The number of thiazole rings is 1. The van der Waals surface area contributed by atoms with Crippen molar-refractivity contribution in [3.05, 3.63) is 64.9 Å². The first kappa shape index (κ1) is 20.5. The highest BCUT2D eigenvalue weighted by Crippen LogP contribution is 2.30. The Morgan fingerprint density at radius 1 is 1.14 bits per heavy atom. The number of aryl methyl sites for hydroxylation is 1. The maximum absolute atomic E-state index is 13.7. The van der Waals surface area contributed by atoms with Gasteiger partial charge in [-0.25, -0.2) is 14.2 Å². The molecule has 8 heteroatoms. The van der Waals surface area contributed by atoms with Crippen molar-refractivity contribution in [3.8, 4) is 16.3 Å². The molecule has 0 aliphatic heterocycles. The first-order valence-corrected chi connectivity index (χ1v) is 9.59. The van der Waals surface area contributed by atoms with Gasteiger partial charge in [0.05, 0.1) is 18.5 Å². The number of carbonyl (C=O) groups excluding carboxylic acids is 2. The molecule has 29 heavy (non-hydrogen) atoms. The molecule has 0 saturated carbocycles. The summed E-state index contributed by atoms with van der Waals surface area (Å²) in [6.45, 7) is 3.12. The number of nitrogens with zero attached hydrogens (tertiary/aromatic N) is 1. The lowest BCUT2D eigenvalue weighted by Crippen LogP contribution is -2.30. The highest BCUT2D eigenvalue weighted by molar-refractivity contribution is 7.17. The third-order valence-electron chi connectivity index (χ3n) is 4.10. The molecule has 0 aliphatic carbocycles. The van der Waals surface area contributed by atoms with E-state index in [0.717, 1.165) is 11.3 Å². The molecule has 1 heterocycles. The lowest BCUT2D eigenvalue weighted by molar-refractivity contribution is -0.123. The maximum atomic E-state index is 13.7. The third-order valence-corrected chi connectivity index (χ3v) is 5.29. The standard InChI is InChI=1S/C21H19FN2O4S/c1-12-18(29-20(23-12)14-8-10-15(27-3)11-9-14)21(26)28-13(2)19(25)24-17-7-5-4-6-16(17)22/h4-11,13H,1-3H3,(H,24,25)/t13-/m0/s1. The van der Waals surface area contributed by atoms with Gasteiger partial charge in [-0.2, -0.15) is 0 Å². The van der Waals surface area contributed by atoms with Crippen LogP contribution in [0.25, 0.3) is 10.6 Å². The van der Waals surface area contributed by atoms with Crippen LogP contribution in [0.2, 0.25) is 0 Å². The molecule has 1 amide bonds. The van der Waals surface area contributed by atoms with Gasteiger partial charge in [-0.3, -0.25) is 4.79 Å². The lowest BCUT2D eigenvalue weighted by atomic mass is 10.2. The number of hydrogen-bond donors (Lipinski definition) is 1. The predicted octanol–water partition coefficient (Wildman–Crippen LogP) is 4.45. The Labute approximate surface area is 171 Å². The van der Waals surface area contributed by atoms with Crippen LogP contribution >= 0.6 is 11.3 Å². The van der Waals surface area contributed by atoms with Crippen molar-refractivity contribution in [1.29, 1.82) is 0 Å². The Morgan fingerprint density at radius 3 is 2.48 bits per heavy atom.